The van der Waals surface area contributed by atoms with Gasteiger partial charge in [-0.25, -0.2) is 25.9 Å². The first-order valence-corrected chi connectivity index (χ1v) is 13.6. The van der Waals surface area contributed by atoms with E-state index in [0.717, 1.165) is 19.3 Å². The molecule has 4 fully saturated rings. The molecule has 28 heavy (non-hydrogen) atoms. The number of carbonyl (C=O) groups excluding carboxylic acids is 1. The van der Waals surface area contributed by atoms with Crippen LogP contribution in [0.4, 0.5) is 0 Å². The number of fused-ring (bicyclic) bond motifs is 2. The summed E-state index contributed by atoms with van der Waals surface area (Å²) in [6, 6.07) is 0. The van der Waals surface area contributed by atoms with Gasteiger partial charge in [-0.1, -0.05) is 13.8 Å². The number of nitrogens with zero attached hydrogens (tertiary/aromatic N) is 1. The summed E-state index contributed by atoms with van der Waals surface area (Å²) in [5.74, 6) is 0.434. The third-order valence-corrected chi connectivity index (χ3v) is 11.9. The molecular weight excluding hydrogens is 400 g/mol. The summed E-state index contributed by atoms with van der Waals surface area (Å²) in [5, 5.41) is -0.190. The molecule has 160 valence electrons. The first-order chi connectivity index (χ1) is 13.0. The number of hydrogen-bond donors (Lipinski definition) is 1. The Morgan fingerprint density at radius 1 is 1.04 bits per heavy atom. The number of carbonyl (C=O) groups is 1. The SMILES string of the molecule is CC1(C)C2CCC1(CS(=O)(=O)NCC1CCN(S(=O)(=O)C3CC3)CC1)C(=O)C2. The minimum Gasteiger partial charge on any atom is -0.299 e. The van der Waals surface area contributed by atoms with E-state index in [0.29, 0.717) is 51.2 Å². The maximum absolute atomic E-state index is 12.8. The average Bonchev–Trinajstić information content (AvgIpc) is 3.42. The molecule has 2 bridgehead atoms. The highest BCUT2D eigenvalue weighted by molar-refractivity contribution is 7.90. The number of Topliss-reactive ketones (excluding diaryl/α,β-unsaturated/α-hetero) is 1. The predicted octanol–water partition coefficient (Wildman–Crippen LogP) is 1.51. The van der Waals surface area contributed by atoms with Gasteiger partial charge in [-0.2, -0.15) is 0 Å². The van der Waals surface area contributed by atoms with Crippen LogP contribution in [0.15, 0.2) is 0 Å². The van der Waals surface area contributed by atoms with Crippen molar-refractivity contribution < 1.29 is 21.6 Å². The summed E-state index contributed by atoms with van der Waals surface area (Å²) < 4.78 is 54.5. The van der Waals surface area contributed by atoms with E-state index in [2.05, 4.69) is 4.72 Å². The van der Waals surface area contributed by atoms with Gasteiger partial charge in [0, 0.05) is 31.5 Å². The summed E-state index contributed by atoms with van der Waals surface area (Å²) in [7, 11) is -6.70. The van der Waals surface area contributed by atoms with Gasteiger partial charge in [-0.05, 0) is 55.8 Å². The van der Waals surface area contributed by atoms with Crippen molar-refractivity contribution in [3.05, 3.63) is 0 Å². The number of nitrogens with one attached hydrogen (secondary N) is 1. The van der Waals surface area contributed by atoms with Crippen molar-refractivity contribution in [2.75, 3.05) is 25.4 Å². The van der Waals surface area contributed by atoms with Crippen LogP contribution in [-0.4, -0.2) is 57.6 Å². The summed E-state index contributed by atoms with van der Waals surface area (Å²) in [4.78, 5) is 12.6. The van der Waals surface area contributed by atoms with E-state index in [9.17, 15) is 21.6 Å². The monoisotopic (exact) mass is 432 g/mol. The van der Waals surface area contributed by atoms with Crippen molar-refractivity contribution in [2.24, 2.45) is 22.7 Å². The van der Waals surface area contributed by atoms with Crippen LogP contribution in [0.3, 0.4) is 0 Å². The molecule has 4 aliphatic rings. The molecule has 2 atom stereocenters. The first-order valence-electron chi connectivity index (χ1n) is 10.5. The second kappa shape index (κ2) is 6.75. The standard InChI is InChI=1S/C19H32N2O5S2/c1-18(2)15-5-8-19(18,17(22)11-15)13-27(23,24)20-12-14-6-9-21(10-7-14)28(25,26)16-3-4-16/h14-16,20H,3-13H2,1-2H3. The Hall–Kier alpha value is -0.510. The fourth-order valence-corrected chi connectivity index (χ4v) is 9.46. The molecule has 0 amide bonds. The van der Waals surface area contributed by atoms with Gasteiger partial charge in [-0.15, -0.1) is 0 Å². The van der Waals surface area contributed by atoms with Gasteiger partial charge in [0.15, 0.2) is 0 Å². The van der Waals surface area contributed by atoms with E-state index in [1.54, 1.807) is 4.31 Å². The zero-order valence-electron chi connectivity index (χ0n) is 16.8. The van der Waals surface area contributed by atoms with Crippen LogP contribution in [0.1, 0.15) is 58.8 Å². The van der Waals surface area contributed by atoms with Gasteiger partial charge in [0.1, 0.15) is 5.78 Å². The van der Waals surface area contributed by atoms with Gasteiger partial charge in [0.05, 0.1) is 11.0 Å². The van der Waals surface area contributed by atoms with Crippen molar-refractivity contribution >= 4 is 25.8 Å². The normalized spacial score (nSPS) is 34.2. The molecule has 3 aliphatic carbocycles. The molecule has 1 heterocycles. The van der Waals surface area contributed by atoms with Gasteiger partial charge in [0.2, 0.25) is 20.0 Å². The Morgan fingerprint density at radius 2 is 1.68 bits per heavy atom. The molecule has 1 N–H and O–H groups in total. The first kappa shape index (κ1) is 20.8. The third-order valence-electron chi connectivity index (χ3n) is 8.05. The number of sulfonamides is 2. The predicted molar refractivity (Wildman–Crippen MR) is 107 cm³/mol. The van der Waals surface area contributed by atoms with Crippen LogP contribution in [0.25, 0.3) is 0 Å². The van der Waals surface area contributed by atoms with Crippen LogP contribution in [0.2, 0.25) is 0 Å². The van der Waals surface area contributed by atoms with Crippen LogP contribution in [0.5, 0.6) is 0 Å². The van der Waals surface area contributed by atoms with Crippen LogP contribution in [-0.2, 0) is 24.8 Å². The van der Waals surface area contributed by atoms with Gasteiger partial charge < -0.3 is 0 Å². The van der Waals surface area contributed by atoms with Crippen LogP contribution >= 0.6 is 0 Å². The van der Waals surface area contributed by atoms with E-state index in [1.165, 1.54) is 0 Å². The largest absolute Gasteiger partial charge is 0.299 e. The van der Waals surface area contributed by atoms with Crippen molar-refractivity contribution in [3.63, 3.8) is 0 Å². The lowest BCUT2D eigenvalue weighted by Crippen LogP contribution is -2.47. The van der Waals surface area contributed by atoms with Gasteiger partial charge in [0.25, 0.3) is 0 Å². The Kier molecular flexibility index (Phi) is 5.00. The maximum atomic E-state index is 12.8. The molecule has 9 heteroatoms. The summed E-state index contributed by atoms with van der Waals surface area (Å²) in [6.07, 6.45) is 4.98. The maximum Gasteiger partial charge on any atom is 0.216 e. The van der Waals surface area contributed by atoms with E-state index >= 15 is 0 Å². The molecule has 0 aromatic heterocycles. The highest BCUT2D eigenvalue weighted by Gasteiger charge is 2.65. The fraction of sp³-hybridized carbons (Fsp3) is 0.947. The number of rotatable bonds is 7. The molecule has 2 unspecified atom stereocenters. The summed E-state index contributed by atoms with van der Waals surface area (Å²) >= 11 is 0. The Labute approximate surface area is 168 Å². The molecule has 3 saturated carbocycles. The highest BCUT2D eigenvalue weighted by atomic mass is 32.2. The Balaban J connectivity index is 1.32. The van der Waals surface area contributed by atoms with E-state index in [-0.39, 0.29) is 28.1 Å². The van der Waals surface area contributed by atoms with E-state index in [1.807, 2.05) is 13.8 Å². The molecule has 0 aromatic carbocycles. The minimum atomic E-state index is -3.56. The molecule has 0 radical (unpaired) electrons. The quantitative estimate of drug-likeness (QED) is 0.657. The van der Waals surface area contributed by atoms with Gasteiger partial charge >= 0.3 is 0 Å². The van der Waals surface area contributed by atoms with Crippen LogP contribution < -0.4 is 4.72 Å². The molecule has 7 nitrogen and oxygen atoms in total. The van der Waals surface area contributed by atoms with Crippen molar-refractivity contribution in [2.45, 2.75) is 64.0 Å². The lowest BCUT2D eigenvalue weighted by atomic mass is 9.70. The second-order valence-corrected chi connectivity index (χ2v) is 13.9. The zero-order valence-corrected chi connectivity index (χ0v) is 18.4. The highest BCUT2D eigenvalue weighted by Crippen LogP contribution is 2.64. The zero-order chi connectivity index (χ0) is 20.4. The van der Waals surface area contributed by atoms with E-state index < -0.39 is 25.5 Å². The van der Waals surface area contributed by atoms with E-state index in [4.69, 9.17) is 0 Å². The molecule has 1 aliphatic heterocycles. The van der Waals surface area contributed by atoms with Crippen molar-refractivity contribution in [1.82, 2.24) is 9.03 Å². The fourth-order valence-electron chi connectivity index (χ4n) is 5.67. The van der Waals surface area contributed by atoms with Gasteiger partial charge in [-0.3, -0.25) is 4.79 Å². The topological polar surface area (TPSA) is 101 Å². The Bertz CT molecular complexity index is 855. The number of piperidine rings is 1. The lowest BCUT2D eigenvalue weighted by Gasteiger charge is -2.36. The molecule has 4 rings (SSSR count). The minimum absolute atomic E-state index is 0.109. The van der Waals surface area contributed by atoms with Crippen molar-refractivity contribution in [1.29, 1.82) is 0 Å². The lowest BCUT2D eigenvalue weighted by molar-refractivity contribution is -0.128. The molecule has 0 aromatic rings. The summed E-state index contributed by atoms with van der Waals surface area (Å²) in [5.41, 5.74) is -1.01. The smallest absolute Gasteiger partial charge is 0.216 e. The molecule has 1 saturated heterocycles. The van der Waals surface area contributed by atoms with Crippen LogP contribution in [0, 0.1) is 22.7 Å². The third kappa shape index (κ3) is 3.36. The summed E-state index contributed by atoms with van der Waals surface area (Å²) in [6.45, 7) is 5.36. The number of ketones is 1. The van der Waals surface area contributed by atoms with Crippen molar-refractivity contribution in [3.8, 4) is 0 Å². The molecular formula is C19H32N2O5S2. The average molecular weight is 433 g/mol. The molecule has 0 spiro atoms. The Morgan fingerprint density at radius 3 is 2.18 bits per heavy atom. The second-order valence-electron chi connectivity index (χ2n) is 9.86. The number of hydrogen-bond acceptors (Lipinski definition) is 5.